The third kappa shape index (κ3) is 3.72. The van der Waals surface area contributed by atoms with Gasteiger partial charge in [0.2, 0.25) is 5.89 Å². The molecule has 0 aliphatic heterocycles. The van der Waals surface area contributed by atoms with Crippen molar-refractivity contribution in [2.45, 2.75) is 20.8 Å². The molecule has 2 aromatic carbocycles. The van der Waals surface area contributed by atoms with Gasteiger partial charge in [-0.3, -0.25) is 14.4 Å². The van der Waals surface area contributed by atoms with Gasteiger partial charge < -0.3 is 14.5 Å². The van der Waals surface area contributed by atoms with Gasteiger partial charge in [0.1, 0.15) is 11.3 Å². The van der Waals surface area contributed by atoms with Crippen LogP contribution in [0.1, 0.15) is 29.8 Å². The maximum absolute atomic E-state index is 12.6. The van der Waals surface area contributed by atoms with E-state index in [0.29, 0.717) is 34.6 Å². The number of hydrogen-bond donors (Lipinski definition) is 1. The van der Waals surface area contributed by atoms with Crippen molar-refractivity contribution in [3.8, 4) is 17.2 Å². The zero-order chi connectivity index (χ0) is 19.6. The molecule has 3 rings (SSSR count). The van der Waals surface area contributed by atoms with Crippen molar-refractivity contribution in [1.29, 1.82) is 0 Å². The van der Waals surface area contributed by atoms with Crippen LogP contribution in [0.15, 0.2) is 45.6 Å². The molecule has 7 nitrogen and oxygen atoms in total. The smallest absolute Gasteiger partial charge is 0.308 e. The van der Waals surface area contributed by atoms with Crippen LogP contribution in [0.5, 0.6) is 5.75 Å². The fourth-order valence-electron chi connectivity index (χ4n) is 2.80. The predicted octanol–water partition coefficient (Wildman–Crippen LogP) is 2.84. The van der Waals surface area contributed by atoms with Crippen molar-refractivity contribution in [2.75, 3.05) is 6.54 Å². The molecule has 0 radical (unpaired) electrons. The molecule has 0 aliphatic carbocycles. The first-order valence-corrected chi connectivity index (χ1v) is 8.42. The molecule has 0 bridgehead atoms. The molecule has 0 unspecified atom stereocenters. The van der Waals surface area contributed by atoms with E-state index < -0.39 is 11.5 Å². The van der Waals surface area contributed by atoms with Gasteiger partial charge in [-0.05, 0) is 49.7 Å². The number of aryl methyl sites for hydroxylation is 1. The van der Waals surface area contributed by atoms with Crippen molar-refractivity contribution in [2.24, 2.45) is 0 Å². The summed E-state index contributed by atoms with van der Waals surface area (Å²) >= 11 is 0. The Morgan fingerprint density at radius 1 is 1.22 bits per heavy atom. The van der Waals surface area contributed by atoms with E-state index in [4.69, 9.17) is 9.15 Å². The van der Waals surface area contributed by atoms with Gasteiger partial charge in [0.25, 0.3) is 11.5 Å². The molecule has 1 N–H and O–H groups in total. The van der Waals surface area contributed by atoms with E-state index in [1.54, 1.807) is 43.3 Å². The summed E-state index contributed by atoms with van der Waals surface area (Å²) in [6.45, 7) is 5.30. The molecule has 0 spiro atoms. The monoisotopic (exact) mass is 366 g/mol. The normalized spacial score (nSPS) is 10.6. The Morgan fingerprint density at radius 3 is 2.70 bits per heavy atom. The molecular formula is C20H18N2O5. The first kappa shape index (κ1) is 18.3. The third-order valence-electron chi connectivity index (χ3n) is 3.97. The van der Waals surface area contributed by atoms with Crippen LogP contribution in [0.2, 0.25) is 0 Å². The SMILES string of the molecule is CCNC(=O)c1ccc2oc(-c3cccc(OC(C)=O)c3)nc(=O)c2c1C. The highest BCUT2D eigenvalue weighted by Crippen LogP contribution is 2.26. The van der Waals surface area contributed by atoms with E-state index in [2.05, 4.69) is 10.3 Å². The molecule has 1 heterocycles. The van der Waals surface area contributed by atoms with E-state index in [1.807, 2.05) is 6.92 Å². The minimum Gasteiger partial charge on any atom is -0.437 e. The van der Waals surface area contributed by atoms with Crippen LogP contribution in [-0.2, 0) is 4.79 Å². The largest absolute Gasteiger partial charge is 0.437 e. The molecule has 0 saturated heterocycles. The third-order valence-corrected chi connectivity index (χ3v) is 3.97. The lowest BCUT2D eigenvalue weighted by molar-refractivity contribution is -0.131. The number of esters is 1. The summed E-state index contributed by atoms with van der Waals surface area (Å²) in [6, 6.07) is 9.74. The minimum absolute atomic E-state index is 0.103. The van der Waals surface area contributed by atoms with Crippen LogP contribution in [-0.4, -0.2) is 23.4 Å². The number of amides is 1. The quantitative estimate of drug-likeness (QED) is 0.563. The highest BCUT2D eigenvalue weighted by Gasteiger charge is 2.16. The summed E-state index contributed by atoms with van der Waals surface area (Å²) in [5.74, 6) is -0.276. The zero-order valence-corrected chi connectivity index (χ0v) is 15.2. The van der Waals surface area contributed by atoms with Crippen LogP contribution in [0, 0.1) is 6.92 Å². The predicted molar refractivity (Wildman–Crippen MR) is 99.8 cm³/mol. The first-order chi connectivity index (χ1) is 12.9. The summed E-state index contributed by atoms with van der Waals surface area (Å²) in [5.41, 5.74) is 1.25. The van der Waals surface area contributed by atoms with E-state index in [0.717, 1.165) is 0 Å². The molecular weight excluding hydrogens is 348 g/mol. The second-order valence-corrected chi connectivity index (χ2v) is 5.92. The lowest BCUT2D eigenvalue weighted by atomic mass is 10.0. The van der Waals surface area contributed by atoms with Gasteiger partial charge in [-0.15, -0.1) is 0 Å². The van der Waals surface area contributed by atoms with Crippen molar-refractivity contribution in [3.05, 3.63) is 57.9 Å². The van der Waals surface area contributed by atoms with Crippen LogP contribution < -0.4 is 15.6 Å². The number of nitrogens with one attached hydrogen (secondary N) is 1. The molecule has 1 amide bonds. The number of carbonyl (C=O) groups is 2. The zero-order valence-electron chi connectivity index (χ0n) is 15.2. The first-order valence-electron chi connectivity index (χ1n) is 8.42. The fourth-order valence-corrected chi connectivity index (χ4v) is 2.80. The Hall–Kier alpha value is -3.48. The van der Waals surface area contributed by atoms with Crippen LogP contribution in [0.4, 0.5) is 0 Å². The van der Waals surface area contributed by atoms with Gasteiger partial charge in [0.15, 0.2) is 0 Å². The average Bonchev–Trinajstić information content (AvgIpc) is 2.61. The number of hydrogen-bond acceptors (Lipinski definition) is 6. The summed E-state index contributed by atoms with van der Waals surface area (Å²) in [6.07, 6.45) is 0. The molecule has 0 fully saturated rings. The Kier molecular flexibility index (Phi) is 5.03. The minimum atomic E-state index is -0.493. The fraction of sp³-hybridized carbons (Fsp3) is 0.200. The van der Waals surface area contributed by atoms with Crippen LogP contribution in [0.3, 0.4) is 0 Å². The van der Waals surface area contributed by atoms with E-state index in [-0.39, 0.29) is 17.2 Å². The number of benzene rings is 2. The van der Waals surface area contributed by atoms with Gasteiger partial charge >= 0.3 is 5.97 Å². The van der Waals surface area contributed by atoms with Crippen molar-refractivity contribution in [3.63, 3.8) is 0 Å². The highest BCUT2D eigenvalue weighted by molar-refractivity contribution is 6.00. The van der Waals surface area contributed by atoms with Gasteiger partial charge in [-0.2, -0.15) is 4.98 Å². The molecule has 3 aromatic rings. The number of aromatic nitrogens is 1. The van der Waals surface area contributed by atoms with Crippen molar-refractivity contribution in [1.82, 2.24) is 10.3 Å². The number of nitrogens with zero attached hydrogens (tertiary/aromatic N) is 1. The summed E-state index contributed by atoms with van der Waals surface area (Å²) in [4.78, 5) is 39.9. The topological polar surface area (TPSA) is 98.5 Å². The molecule has 0 saturated carbocycles. The summed E-state index contributed by atoms with van der Waals surface area (Å²) < 4.78 is 10.8. The Morgan fingerprint density at radius 2 is 2.00 bits per heavy atom. The lowest BCUT2D eigenvalue weighted by Gasteiger charge is -2.09. The van der Waals surface area contributed by atoms with Gasteiger partial charge in [0.05, 0.1) is 5.39 Å². The molecule has 0 atom stereocenters. The highest BCUT2D eigenvalue weighted by atomic mass is 16.5. The Balaban J connectivity index is 2.11. The number of ether oxygens (including phenoxy) is 1. The van der Waals surface area contributed by atoms with Crippen LogP contribution >= 0.6 is 0 Å². The summed E-state index contributed by atoms with van der Waals surface area (Å²) in [5, 5.41) is 2.98. The standard InChI is InChI=1S/C20H18N2O5/c1-4-21-18(24)15-8-9-16-17(11(15)2)19(25)22-20(27-16)13-6-5-7-14(10-13)26-12(3)23/h5-10H,4H2,1-3H3,(H,21,24). The second kappa shape index (κ2) is 7.41. The molecule has 138 valence electrons. The lowest BCUT2D eigenvalue weighted by Crippen LogP contribution is -2.24. The van der Waals surface area contributed by atoms with E-state index in [9.17, 15) is 14.4 Å². The summed E-state index contributed by atoms with van der Waals surface area (Å²) in [7, 11) is 0. The molecule has 1 aromatic heterocycles. The Bertz CT molecular complexity index is 1100. The maximum Gasteiger partial charge on any atom is 0.308 e. The number of fused-ring (bicyclic) bond motifs is 1. The average molecular weight is 366 g/mol. The second-order valence-electron chi connectivity index (χ2n) is 5.92. The molecule has 0 aliphatic rings. The maximum atomic E-state index is 12.6. The Labute approximate surface area is 155 Å². The van der Waals surface area contributed by atoms with E-state index >= 15 is 0 Å². The molecule has 27 heavy (non-hydrogen) atoms. The van der Waals surface area contributed by atoms with E-state index in [1.165, 1.54) is 6.92 Å². The van der Waals surface area contributed by atoms with Gasteiger partial charge in [-0.25, -0.2) is 0 Å². The van der Waals surface area contributed by atoms with Crippen LogP contribution in [0.25, 0.3) is 22.4 Å². The van der Waals surface area contributed by atoms with Gasteiger partial charge in [0, 0.05) is 24.6 Å². The number of carbonyl (C=O) groups excluding carboxylic acids is 2. The molecule has 7 heteroatoms. The van der Waals surface area contributed by atoms with Gasteiger partial charge in [-0.1, -0.05) is 6.07 Å². The number of rotatable bonds is 4. The van der Waals surface area contributed by atoms with Crippen molar-refractivity contribution < 1.29 is 18.7 Å². The van der Waals surface area contributed by atoms with Crippen molar-refractivity contribution >= 4 is 22.8 Å².